The molecule has 1 heterocycles. The van der Waals surface area contributed by atoms with Crippen molar-refractivity contribution in [2.24, 2.45) is 11.7 Å². The number of piperidine rings is 1. The Morgan fingerprint density at radius 3 is 3.11 bits per heavy atom. The molecule has 0 bridgehead atoms. The summed E-state index contributed by atoms with van der Waals surface area (Å²) in [6.45, 7) is 4.71. The number of hydrogen-bond donors (Lipinski definition) is 2. The van der Waals surface area contributed by atoms with Gasteiger partial charge in [0.2, 0.25) is 5.91 Å². The first kappa shape index (κ1) is 13.1. The van der Waals surface area contributed by atoms with Gasteiger partial charge in [0.05, 0.1) is 12.7 Å². The molecule has 1 saturated heterocycles. The minimum Gasteiger partial charge on any atom is -0.372 e. The van der Waals surface area contributed by atoms with E-state index in [1.165, 1.54) is 0 Å². The molecular formula is C14H20N2O2. The van der Waals surface area contributed by atoms with Crippen molar-refractivity contribution < 1.29 is 9.53 Å². The lowest BCUT2D eigenvalue weighted by molar-refractivity contribution is -0.00659. The molecule has 1 fully saturated rings. The van der Waals surface area contributed by atoms with Crippen LogP contribution in [0, 0.1) is 5.92 Å². The van der Waals surface area contributed by atoms with E-state index >= 15 is 0 Å². The number of primary amides is 1. The largest absolute Gasteiger partial charge is 0.372 e. The zero-order chi connectivity index (χ0) is 13.0. The highest BCUT2D eigenvalue weighted by atomic mass is 16.5. The third-order valence-electron chi connectivity index (χ3n) is 3.43. The lowest BCUT2D eigenvalue weighted by Gasteiger charge is -2.29. The van der Waals surface area contributed by atoms with Crippen LogP contribution in [0.1, 0.15) is 29.3 Å². The molecule has 98 valence electrons. The van der Waals surface area contributed by atoms with Crippen LogP contribution in [-0.4, -0.2) is 25.1 Å². The van der Waals surface area contributed by atoms with Crippen molar-refractivity contribution in [3.8, 4) is 0 Å². The molecule has 18 heavy (non-hydrogen) atoms. The lowest BCUT2D eigenvalue weighted by Crippen LogP contribution is -2.40. The van der Waals surface area contributed by atoms with E-state index in [4.69, 9.17) is 10.5 Å². The molecule has 0 aromatic heterocycles. The molecule has 1 aliphatic rings. The standard InChI is InChI=1S/C14H20N2O2/c1-10-5-6-16-8-13(10)18-9-11-3-2-4-12(7-11)14(15)17/h2-4,7,10,13,16H,5-6,8-9H2,1H3,(H2,15,17). The summed E-state index contributed by atoms with van der Waals surface area (Å²) in [5, 5.41) is 3.33. The molecule has 3 N–H and O–H groups in total. The minimum atomic E-state index is -0.399. The third kappa shape index (κ3) is 3.31. The minimum absolute atomic E-state index is 0.246. The predicted octanol–water partition coefficient (Wildman–Crippen LogP) is 1.30. The predicted molar refractivity (Wildman–Crippen MR) is 70.2 cm³/mol. The molecule has 0 spiro atoms. The first-order valence-electron chi connectivity index (χ1n) is 6.38. The Morgan fingerprint density at radius 2 is 2.39 bits per heavy atom. The summed E-state index contributed by atoms with van der Waals surface area (Å²) in [7, 11) is 0. The first-order valence-corrected chi connectivity index (χ1v) is 6.38. The van der Waals surface area contributed by atoms with Crippen LogP contribution in [0.15, 0.2) is 24.3 Å². The molecule has 1 aromatic rings. The topological polar surface area (TPSA) is 64.3 Å². The maximum absolute atomic E-state index is 11.1. The molecule has 0 radical (unpaired) electrons. The highest BCUT2D eigenvalue weighted by Crippen LogP contribution is 2.16. The van der Waals surface area contributed by atoms with E-state index in [0.29, 0.717) is 18.1 Å². The second-order valence-corrected chi connectivity index (χ2v) is 4.88. The normalized spacial score (nSPS) is 23.8. The van der Waals surface area contributed by atoms with Gasteiger partial charge >= 0.3 is 0 Å². The van der Waals surface area contributed by atoms with E-state index in [0.717, 1.165) is 25.1 Å². The Labute approximate surface area is 108 Å². The van der Waals surface area contributed by atoms with Crippen molar-refractivity contribution in [1.82, 2.24) is 5.32 Å². The first-order chi connectivity index (χ1) is 8.66. The van der Waals surface area contributed by atoms with Crippen LogP contribution < -0.4 is 11.1 Å². The van der Waals surface area contributed by atoms with Crippen LogP contribution in [0.4, 0.5) is 0 Å². The van der Waals surface area contributed by atoms with E-state index in [9.17, 15) is 4.79 Å². The number of hydrogen-bond acceptors (Lipinski definition) is 3. The van der Waals surface area contributed by atoms with Crippen molar-refractivity contribution in [2.75, 3.05) is 13.1 Å². The average molecular weight is 248 g/mol. The number of amides is 1. The van der Waals surface area contributed by atoms with Crippen LogP contribution in [-0.2, 0) is 11.3 Å². The monoisotopic (exact) mass is 248 g/mol. The summed E-state index contributed by atoms with van der Waals surface area (Å²) >= 11 is 0. The summed E-state index contributed by atoms with van der Waals surface area (Å²) in [6, 6.07) is 7.30. The highest BCUT2D eigenvalue weighted by Gasteiger charge is 2.21. The maximum atomic E-state index is 11.1. The number of nitrogens with one attached hydrogen (secondary N) is 1. The molecule has 1 aliphatic heterocycles. The van der Waals surface area contributed by atoms with Crippen LogP contribution in [0.3, 0.4) is 0 Å². The van der Waals surface area contributed by atoms with Gasteiger partial charge in [0.1, 0.15) is 0 Å². The van der Waals surface area contributed by atoms with Crippen LogP contribution in [0.2, 0.25) is 0 Å². The van der Waals surface area contributed by atoms with Gasteiger partial charge in [-0.2, -0.15) is 0 Å². The summed E-state index contributed by atoms with van der Waals surface area (Å²) < 4.78 is 5.90. The Kier molecular flexibility index (Phi) is 4.33. The van der Waals surface area contributed by atoms with Gasteiger partial charge in [-0.05, 0) is 36.6 Å². The fourth-order valence-electron chi connectivity index (χ4n) is 2.20. The number of benzene rings is 1. The number of ether oxygens (including phenoxy) is 1. The van der Waals surface area contributed by atoms with Gasteiger partial charge in [-0.15, -0.1) is 0 Å². The lowest BCUT2D eigenvalue weighted by atomic mass is 9.97. The molecule has 4 heteroatoms. The third-order valence-corrected chi connectivity index (χ3v) is 3.43. The SMILES string of the molecule is CC1CCNCC1OCc1cccc(C(N)=O)c1. The van der Waals surface area contributed by atoms with Gasteiger partial charge in [-0.3, -0.25) is 4.79 Å². The second kappa shape index (κ2) is 5.98. The van der Waals surface area contributed by atoms with Gasteiger partial charge in [0.15, 0.2) is 0 Å². The summed E-state index contributed by atoms with van der Waals surface area (Å²) in [4.78, 5) is 11.1. The van der Waals surface area contributed by atoms with Crippen molar-refractivity contribution in [2.45, 2.75) is 26.1 Å². The van der Waals surface area contributed by atoms with Gasteiger partial charge < -0.3 is 15.8 Å². The molecule has 2 atom stereocenters. The maximum Gasteiger partial charge on any atom is 0.248 e. The van der Waals surface area contributed by atoms with Crippen molar-refractivity contribution in [3.63, 3.8) is 0 Å². The Morgan fingerprint density at radius 1 is 1.56 bits per heavy atom. The summed E-state index contributed by atoms with van der Waals surface area (Å²) in [5.41, 5.74) is 6.78. The van der Waals surface area contributed by atoms with Gasteiger partial charge in [-0.25, -0.2) is 0 Å². The Balaban J connectivity index is 1.93. The molecule has 2 rings (SSSR count). The van der Waals surface area contributed by atoms with E-state index in [-0.39, 0.29) is 6.10 Å². The zero-order valence-electron chi connectivity index (χ0n) is 10.7. The van der Waals surface area contributed by atoms with Gasteiger partial charge in [0.25, 0.3) is 0 Å². The summed E-state index contributed by atoms with van der Waals surface area (Å²) in [5.74, 6) is 0.176. The van der Waals surface area contributed by atoms with Crippen LogP contribution in [0.25, 0.3) is 0 Å². The fraction of sp³-hybridized carbons (Fsp3) is 0.500. The van der Waals surface area contributed by atoms with Gasteiger partial charge in [0, 0.05) is 12.1 Å². The van der Waals surface area contributed by atoms with Crippen LogP contribution >= 0.6 is 0 Å². The average Bonchev–Trinajstić information content (AvgIpc) is 2.38. The van der Waals surface area contributed by atoms with Crippen LogP contribution in [0.5, 0.6) is 0 Å². The van der Waals surface area contributed by atoms with Crippen molar-refractivity contribution in [3.05, 3.63) is 35.4 Å². The molecule has 2 unspecified atom stereocenters. The molecular weight excluding hydrogens is 228 g/mol. The number of rotatable bonds is 4. The highest BCUT2D eigenvalue weighted by molar-refractivity contribution is 5.92. The smallest absolute Gasteiger partial charge is 0.248 e. The van der Waals surface area contributed by atoms with E-state index < -0.39 is 5.91 Å². The van der Waals surface area contributed by atoms with E-state index in [1.807, 2.05) is 12.1 Å². The summed E-state index contributed by atoms with van der Waals surface area (Å²) in [6.07, 6.45) is 1.39. The van der Waals surface area contributed by atoms with E-state index in [1.54, 1.807) is 12.1 Å². The molecule has 4 nitrogen and oxygen atoms in total. The number of nitrogens with two attached hydrogens (primary N) is 1. The van der Waals surface area contributed by atoms with Crippen molar-refractivity contribution >= 4 is 5.91 Å². The molecule has 0 saturated carbocycles. The Bertz CT molecular complexity index is 420. The second-order valence-electron chi connectivity index (χ2n) is 4.88. The quantitative estimate of drug-likeness (QED) is 0.844. The molecule has 0 aliphatic carbocycles. The fourth-order valence-corrected chi connectivity index (χ4v) is 2.20. The zero-order valence-corrected chi connectivity index (χ0v) is 10.7. The van der Waals surface area contributed by atoms with Gasteiger partial charge in [-0.1, -0.05) is 19.1 Å². The number of carbonyl (C=O) groups excluding carboxylic acids is 1. The number of carbonyl (C=O) groups is 1. The van der Waals surface area contributed by atoms with E-state index in [2.05, 4.69) is 12.2 Å². The Hall–Kier alpha value is -1.39. The molecule has 1 aromatic carbocycles. The van der Waals surface area contributed by atoms with Crippen molar-refractivity contribution in [1.29, 1.82) is 0 Å². The molecule has 1 amide bonds.